The van der Waals surface area contributed by atoms with Gasteiger partial charge in [-0.2, -0.15) is 0 Å². The quantitative estimate of drug-likeness (QED) is 0.855. The van der Waals surface area contributed by atoms with Crippen LogP contribution in [0.25, 0.3) is 0 Å². The van der Waals surface area contributed by atoms with Gasteiger partial charge in [-0.15, -0.1) is 16.4 Å². The summed E-state index contributed by atoms with van der Waals surface area (Å²) in [6.45, 7) is 2.54. The summed E-state index contributed by atoms with van der Waals surface area (Å²) in [5.74, 6) is 1.26. The van der Waals surface area contributed by atoms with Crippen molar-refractivity contribution in [3.05, 3.63) is 28.5 Å². The number of hydrogen-bond donors (Lipinski definition) is 0. The van der Waals surface area contributed by atoms with Crippen LogP contribution in [0.3, 0.4) is 0 Å². The summed E-state index contributed by atoms with van der Waals surface area (Å²) in [6, 6.07) is 0. The zero-order valence-corrected chi connectivity index (χ0v) is 14.6. The summed E-state index contributed by atoms with van der Waals surface area (Å²) < 4.78 is 2.01. The summed E-state index contributed by atoms with van der Waals surface area (Å²) in [4.78, 5) is 18.4. The maximum Gasteiger partial charge on any atom is 0.273 e. The van der Waals surface area contributed by atoms with Crippen molar-refractivity contribution >= 4 is 17.2 Å². The highest BCUT2D eigenvalue weighted by Gasteiger charge is 2.25. The molecule has 3 heterocycles. The molecule has 1 aliphatic heterocycles. The Morgan fingerprint density at radius 2 is 2.00 bits per heavy atom. The zero-order valence-electron chi connectivity index (χ0n) is 13.8. The van der Waals surface area contributed by atoms with Gasteiger partial charge in [0.15, 0.2) is 0 Å². The van der Waals surface area contributed by atoms with Crippen molar-refractivity contribution in [1.29, 1.82) is 0 Å². The van der Waals surface area contributed by atoms with Crippen LogP contribution >= 0.6 is 11.3 Å². The average molecular weight is 345 g/mol. The second kappa shape index (κ2) is 7.01. The molecular formula is C17H23N5OS. The first-order valence-corrected chi connectivity index (χ1v) is 9.81. The van der Waals surface area contributed by atoms with Gasteiger partial charge >= 0.3 is 0 Å². The van der Waals surface area contributed by atoms with Crippen LogP contribution in [0, 0.1) is 5.92 Å². The molecule has 0 unspecified atom stereocenters. The number of aromatic nitrogens is 4. The molecule has 0 atom stereocenters. The molecule has 6 nitrogen and oxygen atoms in total. The van der Waals surface area contributed by atoms with Gasteiger partial charge in [0.1, 0.15) is 5.69 Å². The van der Waals surface area contributed by atoms with E-state index in [9.17, 15) is 4.79 Å². The number of amides is 1. The Balaban J connectivity index is 1.29. The van der Waals surface area contributed by atoms with E-state index in [0.29, 0.717) is 17.5 Å². The minimum absolute atomic E-state index is 0.0685. The number of rotatable bonds is 4. The molecule has 2 aromatic heterocycles. The van der Waals surface area contributed by atoms with Crippen molar-refractivity contribution < 1.29 is 4.79 Å². The van der Waals surface area contributed by atoms with Crippen molar-refractivity contribution in [2.24, 2.45) is 5.92 Å². The van der Waals surface area contributed by atoms with Crippen molar-refractivity contribution in [3.63, 3.8) is 0 Å². The maximum atomic E-state index is 12.3. The highest BCUT2D eigenvalue weighted by Crippen LogP contribution is 2.32. The Hall–Kier alpha value is -1.76. The largest absolute Gasteiger partial charge is 0.337 e. The molecule has 1 aliphatic carbocycles. The van der Waals surface area contributed by atoms with Crippen LogP contribution in [0.15, 0.2) is 17.1 Å². The topological polar surface area (TPSA) is 63.9 Å². The lowest BCUT2D eigenvalue weighted by Gasteiger charge is -2.31. The van der Waals surface area contributed by atoms with E-state index >= 15 is 0 Å². The van der Waals surface area contributed by atoms with Crippen LogP contribution in [-0.4, -0.2) is 43.9 Å². The average Bonchev–Trinajstić information content (AvgIpc) is 3.36. The highest BCUT2D eigenvalue weighted by molar-refractivity contribution is 7.07. The Kier molecular flexibility index (Phi) is 4.60. The summed E-state index contributed by atoms with van der Waals surface area (Å²) in [5, 5.41) is 10.5. The predicted octanol–water partition coefficient (Wildman–Crippen LogP) is 2.94. The van der Waals surface area contributed by atoms with E-state index in [0.717, 1.165) is 32.5 Å². The first-order valence-electron chi connectivity index (χ1n) is 8.87. The number of piperidine rings is 1. The van der Waals surface area contributed by atoms with E-state index in [4.69, 9.17) is 0 Å². The fourth-order valence-corrected chi connectivity index (χ4v) is 4.40. The molecule has 1 saturated carbocycles. The fraction of sp³-hybridized carbons (Fsp3) is 0.647. The molecule has 0 N–H and O–H groups in total. The summed E-state index contributed by atoms with van der Waals surface area (Å²) in [7, 11) is 0. The lowest BCUT2D eigenvalue weighted by atomic mass is 9.96. The lowest BCUT2D eigenvalue weighted by Crippen LogP contribution is -2.39. The van der Waals surface area contributed by atoms with E-state index in [1.165, 1.54) is 42.7 Å². The van der Waals surface area contributed by atoms with Crippen LogP contribution in [0.1, 0.15) is 60.6 Å². The summed E-state index contributed by atoms with van der Waals surface area (Å²) in [6.07, 6.45) is 9.35. The Labute approximate surface area is 145 Å². The normalized spacial score (nSPS) is 19.9. The minimum Gasteiger partial charge on any atom is -0.337 e. The molecular weight excluding hydrogens is 322 g/mol. The van der Waals surface area contributed by atoms with E-state index in [1.807, 2.05) is 15.0 Å². The van der Waals surface area contributed by atoms with Crippen LogP contribution in [0.4, 0.5) is 0 Å². The molecule has 2 aromatic rings. The third-order valence-electron chi connectivity index (χ3n) is 5.33. The predicted molar refractivity (Wildman–Crippen MR) is 92.0 cm³/mol. The Bertz CT molecular complexity index is 669. The van der Waals surface area contributed by atoms with Crippen molar-refractivity contribution in [2.75, 3.05) is 13.1 Å². The van der Waals surface area contributed by atoms with Gasteiger partial charge in [-0.25, -0.2) is 4.98 Å². The minimum atomic E-state index is 0.0685. The van der Waals surface area contributed by atoms with Crippen LogP contribution < -0.4 is 0 Å². The number of thiazole rings is 1. The number of hydrogen-bond acceptors (Lipinski definition) is 5. The lowest BCUT2D eigenvalue weighted by molar-refractivity contribution is 0.0676. The molecule has 4 rings (SSSR count). The maximum absolute atomic E-state index is 12.3. The molecule has 0 radical (unpaired) electrons. The van der Waals surface area contributed by atoms with Crippen LogP contribution in [0.5, 0.6) is 0 Å². The van der Waals surface area contributed by atoms with Gasteiger partial charge in [0, 0.05) is 37.1 Å². The van der Waals surface area contributed by atoms with Gasteiger partial charge in [-0.05, 0) is 31.6 Å². The second-order valence-corrected chi connectivity index (χ2v) is 7.67. The van der Waals surface area contributed by atoms with E-state index in [-0.39, 0.29) is 5.91 Å². The third kappa shape index (κ3) is 3.36. The van der Waals surface area contributed by atoms with E-state index < -0.39 is 0 Å². The first-order chi connectivity index (χ1) is 11.8. The molecule has 2 fully saturated rings. The zero-order chi connectivity index (χ0) is 16.4. The molecule has 7 heteroatoms. The van der Waals surface area contributed by atoms with Crippen LogP contribution in [-0.2, 0) is 6.54 Å². The number of carbonyl (C=O) groups is 1. The Morgan fingerprint density at radius 1 is 1.21 bits per heavy atom. The second-order valence-electron chi connectivity index (χ2n) is 6.96. The van der Waals surface area contributed by atoms with Gasteiger partial charge in [-0.1, -0.05) is 18.1 Å². The standard InChI is InChI=1S/C17H23N5OS/c23-17(16-11-24-12-18-16)21-7-5-13(6-8-21)9-22-10-15(19-20-22)14-3-1-2-4-14/h10-14H,1-9H2. The molecule has 1 saturated heterocycles. The van der Waals surface area contributed by atoms with Gasteiger partial charge in [0.2, 0.25) is 0 Å². The van der Waals surface area contributed by atoms with Gasteiger partial charge in [-0.3, -0.25) is 9.48 Å². The molecule has 0 bridgehead atoms. The van der Waals surface area contributed by atoms with Gasteiger partial charge < -0.3 is 4.90 Å². The summed E-state index contributed by atoms with van der Waals surface area (Å²) >= 11 is 1.47. The highest BCUT2D eigenvalue weighted by atomic mass is 32.1. The number of likely N-dealkylation sites (tertiary alicyclic amines) is 1. The van der Waals surface area contributed by atoms with Crippen LogP contribution in [0.2, 0.25) is 0 Å². The van der Waals surface area contributed by atoms with Crippen molar-refractivity contribution in [2.45, 2.75) is 51.0 Å². The Morgan fingerprint density at radius 3 is 2.71 bits per heavy atom. The van der Waals surface area contributed by atoms with E-state index in [1.54, 1.807) is 5.51 Å². The third-order valence-corrected chi connectivity index (χ3v) is 5.91. The molecule has 1 amide bonds. The first kappa shape index (κ1) is 15.7. The smallest absolute Gasteiger partial charge is 0.273 e. The van der Waals surface area contributed by atoms with E-state index in [2.05, 4.69) is 21.5 Å². The molecule has 24 heavy (non-hydrogen) atoms. The fourth-order valence-electron chi connectivity index (χ4n) is 3.87. The molecule has 0 aromatic carbocycles. The monoisotopic (exact) mass is 345 g/mol. The SMILES string of the molecule is O=C(c1cscn1)N1CCC(Cn2cc(C3CCCC3)nn2)CC1. The number of carbonyl (C=O) groups excluding carboxylic acids is 1. The summed E-state index contributed by atoms with van der Waals surface area (Å²) in [5.41, 5.74) is 3.46. The number of nitrogens with zero attached hydrogens (tertiary/aromatic N) is 5. The molecule has 2 aliphatic rings. The van der Waals surface area contributed by atoms with Crippen molar-refractivity contribution in [3.8, 4) is 0 Å². The van der Waals surface area contributed by atoms with Crippen molar-refractivity contribution in [1.82, 2.24) is 24.9 Å². The van der Waals surface area contributed by atoms with Gasteiger partial charge in [0.05, 0.1) is 11.2 Å². The molecule has 0 spiro atoms. The molecule has 128 valence electrons. The van der Waals surface area contributed by atoms with Gasteiger partial charge in [0.25, 0.3) is 5.91 Å².